The van der Waals surface area contributed by atoms with Crippen LogP contribution in [-0.4, -0.2) is 21.5 Å². The topological polar surface area (TPSA) is 64.0 Å². The van der Waals surface area contributed by atoms with Crippen LogP contribution in [0.25, 0.3) is 10.9 Å². The third kappa shape index (κ3) is 3.15. The lowest BCUT2D eigenvalue weighted by molar-refractivity contribution is -0.122. The van der Waals surface area contributed by atoms with Crippen LogP contribution in [-0.2, 0) is 11.3 Å². The van der Waals surface area contributed by atoms with E-state index >= 15 is 0 Å². The van der Waals surface area contributed by atoms with Crippen LogP contribution in [0.3, 0.4) is 0 Å². The largest absolute Gasteiger partial charge is 0.351 e. The van der Waals surface area contributed by atoms with E-state index in [1.807, 2.05) is 0 Å². The number of amides is 1. The van der Waals surface area contributed by atoms with E-state index in [0.717, 1.165) is 0 Å². The second kappa shape index (κ2) is 6.05. The SMILES string of the molecule is O=C(Cn1cnc2c(Cl)cc(Cl)cc2c1=O)NC(C1CC1)C1CC1. The van der Waals surface area contributed by atoms with Crippen molar-refractivity contribution in [2.45, 2.75) is 38.3 Å². The van der Waals surface area contributed by atoms with Crippen LogP contribution in [0, 0.1) is 11.8 Å². The van der Waals surface area contributed by atoms with Crippen molar-refractivity contribution in [3.63, 3.8) is 0 Å². The minimum atomic E-state index is -0.311. The second-order valence-electron chi connectivity index (χ2n) is 6.73. The number of aromatic nitrogens is 2. The maximum absolute atomic E-state index is 12.6. The fraction of sp³-hybridized carbons (Fsp3) is 0.471. The Kier molecular flexibility index (Phi) is 4.01. The third-order valence-corrected chi connectivity index (χ3v) is 5.25. The monoisotopic (exact) mass is 365 g/mol. The van der Waals surface area contributed by atoms with Gasteiger partial charge in [-0.05, 0) is 49.7 Å². The molecule has 4 rings (SSSR count). The fourth-order valence-electron chi connectivity index (χ4n) is 3.22. The molecule has 0 saturated heterocycles. The van der Waals surface area contributed by atoms with Crippen molar-refractivity contribution in [1.29, 1.82) is 0 Å². The van der Waals surface area contributed by atoms with Crippen molar-refractivity contribution < 1.29 is 4.79 Å². The first kappa shape index (κ1) is 15.9. The summed E-state index contributed by atoms with van der Waals surface area (Å²) in [6, 6.07) is 3.35. The average Bonchev–Trinajstić information content (AvgIpc) is 3.41. The van der Waals surface area contributed by atoms with E-state index < -0.39 is 0 Å². The Morgan fingerprint density at radius 2 is 1.92 bits per heavy atom. The van der Waals surface area contributed by atoms with Gasteiger partial charge in [0, 0.05) is 11.1 Å². The van der Waals surface area contributed by atoms with Crippen LogP contribution in [0.1, 0.15) is 25.7 Å². The summed E-state index contributed by atoms with van der Waals surface area (Å²) >= 11 is 12.0. The highest BCUT2D eigenvalue weighted by Gasteiger charge is 2.42. The Bertz CT molecular complexity index is 860. The Morgan fingerprint density at radius 1 is 1.25 bits per heavy atom. The van der Waals surface area contributed by atoms with Gasteiger partial charge in [0.2, 0.25) is 5.91 Å². The Balaban J connectivity index is 1.56. The van der Waals surface area contributed by atoms with Crippen LogP contribution in [0.5, 0.6) is 0 Å². The van der Waals surface area contributed by atoms with Crippen LogP contribution in [0.15, 0.2) is 23.3 Å². The first-order chi connectivity index (χ1) is 11.5. The normalized spacial score (nSPS) is 17.5. The minimum absolute atomic E-state index is 0.0398. The van der Waals surface area contributed by atoms with Crippen molar-refractivity contribution in [3.8, 4) is 0 Å². The lowest BCUT2D eigenvalue weighted by atomic mass is 10.1. The molecule has 24 heavy (non-hydrogen) atoms. The highest BCUT2D eigenvalue weighted by molar-refractivity contribution is 6.38. The van der Waals surface area contributed by atoms with Crippen molar-refractivity contribution in [2.75, 3.05) is 0 Å². The molecule has 2 fully saturated rings. The van der Waals surface area contributed by atoms with E-state index in [2.05, 4.69) is 10.3 Å². The summed E-state index contributed by atoms with van der Waals surface area (Å²) in [5.74, 6) is 1.09. The molecule has 2 aromatic rings. The third-order valence-electron chi connectivity index (χ3n) is 4.75. The molecule has 5 nitrogen and oxygen atoms in total. The predicted molar refractivity (Wildman–Crippen MR) is 93.4 cm³/mol. The lowest BCUT2D eigenvalue weighted by Gasteiger charge is -2.18. The number of benzene rings is 1. The number of rotatable bonds is 5. The molecule has 1 amide bonds. The van der Waals surface area contributed by atoms with Gasteiger partial charge in [-0.1, -0.05) is 23.2 Å². The quantitative estimate of drug-likeness (QED) is 0.885. The summed E-state index contributed by atoms with van der Waals surface area (Å²) in [6.07, 6.45) is 6.13. The zero-order valence-corrected chi connectivity index (χ0v) is 14.5. The van der Waals surface area contributed by atoms with E-state index in [1.165, 1.54) is 42.6 Å². The molecule has 0 spiro atoms. The minimum Gasteiger partial charge on any atom is -0.351 e. The van der Waals surface area contributed by atoms with E-state index in [9.17, 15) is 9.59 Å². The number of hydrogen-bond acceptors (Lipinski definition) is 3. The lowest BCUT2D eigenvalue weighted by Crippen LogP contribution is -2.41. The van der Waals surface area contributed by atoms with Gasteiger partial charge in [0.05, 0.1) is 22.3 Å². The predicted octanol–water partition coefficient (Wildman–Crippen LogP) is 3.01. The van der Waals surface area contributed by atoms with Gasteiger partial charge in [0.1, 0.15) is 6.54 Å². The van der Waals surface area contributed by atoms with Gasteiger partial charge in [-0.15, -0.1) is 0 Å². The number of fused-ring (bicyclic) bond motifs is 1. The number of carbonyl (C=O) groups is 1. The summed E-state index contributed by atoms with van der Waals surface area (Å²) < 4.78 is 1.31. The molecule has 2 saturated carbocycles. The van der Waals surface area contributed by atoms with Gasteiger partial charge in [-0.2, -0.15) is 0 Å². The average molecular weight is 366 g/mol. The molecule has 0 aliphatic heterocycles. The van der Waals surface area contributed by atoms with E-state index in [1.54, 1.807) is 6.07 Å². The zero-order chi connectivity index (χ0) is 16.8. The highest BCUT2D eigenvalue weighted by atomic mass is 35.5. The van der Waals surface area contributed by atoms with Crippen molar-refractivity contribution >= 4 is 40.0 Å². The summed E-state index contributed by atoms with van der Waals surface area (Å²) in [4.78, 5) is 29.1. The Hall–Kier alpha value is -1.59. The Labute approximate surface area is 149 Å². The molecule has 1 N–H and O–H groups in total. The van der Waals surface area contributed by atoms with Gasteiger partial charge < -0.3 is 5.32 Å². The number of hydrogen-bond donors (Lipinski definition) is 1. The highest BCUT2D eigenvalue weighted by Crippen LogP contribution is 2.44. The second-order valence-corrected chi connectivity index (χ2v) is 7.57. The zero-order valence-electron chi connectivity index (χ0n) is 13.0. The number of nitrogens with one attached hydrogen (secondary N) is 1. The molecule has 1 aromatic heterocycles. The first-order valence-corrected chi connectivity index (χ1v) is 8.92. The van der Waals surface area contributed by atoms with Crippen LogP contribution in [0.4, 0.5) is 0 Å². The molecule has 0 atom stereocenters. The standard InChI is InChI=1S/C17H17Cl2N3O2/c18-11-5-12-16(13(19)6-11)20-8-22(17(12)24)7-14(23)21-15(9-1-2-9)10-3-4-10/h5-6,8-10,15H,1-4,7H2,(H,21,23). The molecule has 2 aliphatic carbocycles. The van der Waals surface area contributed by atoms with Crippen molar-refractivity contribution in [1.82, 2.24) is 14.9 Å². The van der Waals surface area contributed by atoms with Gasteiger partial charge in [-0.25, -0.2) is 4.98 Å². The summed E-state index contributed by atoms with van der Waals surface area (Å²) in [5.41, 5.74) is 0.0884. The molecule has 7 heteroatoms. The molecular weight excluding hydrogens is 349 g/mol. The number of nitrogens with zero attached hydrogens (tertiary/aromatic N) is 2. The van der Waals surface area contributed by atoms with Gasteiger partial charge >= 0.3 is 0 Å². The molecule has 0 radical (unpaired) electrons. The first-order valence-electron chi connectivity index (χ1n) is 8.16. The molecule has 2 aliphatic rings. The summed E-state index contributed by atoms with van der Waals surface area (Å²) in [5, 5.41) is 4.13. The van der Waals surface area contributed by atoms with Crippen LogP contribution < -0.4 is 10.9 Å². The van der Waals surface area contributed by atoms with Gasteiger partial charge in [-0.3, -0.25) is 14.2 Å². The van der Waals surface area contributed by atoms with Crippen LogP contribution in [0.2, 0.25) is 10.0 Å². The maximum Gasteiger partial charge on any atom is 0.261 e. The van der Waals surface area contributed by atoms with Gasteiger partial charge in [0.15, 0.2) is 0 Å². The summed E-state index contributed by atoms with van der Waals surface area (Å²) in [6.45, 7) is -0.0398. The van der Waals surface area contributed by atoms with Gasteiger partial charge in [0.25, 0.3) is 5.56 Å². The maximum atomic E-state index is 12.6. The van der Waals surface area contributed by atoms with Crippen molar-refractivity contribution in [3.05, 3.63) is 38.9 Å². The van der Waals surface area contributed by atoms with E-state index in [-0.39, 0.29) is 24.1 Å². The number of halogens is 2. The molecule has 0 unspecified atom stereocenters. The van der Waals surface area contributed by atoms with Crippen LogP contribution >= 0.6 is 23.2 Å². The van der Waals surface area contributed by atoms with Crippen molar-refractivity contribution in [2.24, 2.45) is 11.8 Å². The molecule has 1 aromatic carbocycles. The Morgan fingerprint density at radius 3 is 2.54 bits per heavy atom. The molecular formula is C17H17Cl2N3O2. The van der Waals surface area contributed by atoms with E-state index in [4.69, 9.17) is 23.2 Å². The smallest absolute Gasteiger partial charge is 0.261 e. The van der Waals surface area contributed by atoms with E-state index in [0.29, 0.717) is 32.8 Å². The number of carbonyl (C=O) groups excluding carboxylic acids is 1. The molecule has 0 bridgehead atoms. The molecule has 126 valence electrons. The summed E-state index contributed by atoms with van der Waals surface area (Å²) in [7, 11) is 0. The fourth-order valence-corrected chi connectivity index (χ4v) is 3.77. The molecule has 1 heterocycles.